The van der Waals surface area contributed by atoms with Crippen molar-refractivity contribution in [2.75, 3.05) is 7.11 Å². The Morgan fingerprint density at radius 1 is 1.16 bits per heavy atom. The van der Waals surface area contributed by atoms with Gasteiger partial charge < -0.3 is 14.6 Å². The van der Waals surface area contributed by atoms with E-state index >= 15 is 0 Å². The van der Waals surface area contributed by atoms with Gasteiger partial charge in [0.2, 0.25) is 0 Å². The Morgan fingerprint density at radius 2 is 1.91 bits per heavy atom. The fraction of sp³-hybridized carbons (Fsp3) is 0.852. The summed E-state index contributed by atoms with van der Waals surface area (Å²) >= 11 is 0. The molecule has 4 rings (SSSR count). The molecule has 0 saturated heterocycles. The van der Waals surface area contributed by atoms with Crippen LogP contribution in [-0.4, -0.2) is 36.4 Å². The number of carbonyl (C=O) groups excluding carboxylic acids is 2. The highest BCUT2D eigenvalue weighted by molar-refractivity contribution is 5.69. The van der Waals surface area contributed by atoms with Gasteiger partial charge >= 0.3 is 11.9 Å². The third-order valence-corrected chi connectivity index (χ3v) is 10.2. The predicted octanol–water partition coefficient (Wildman–Crippen LogP) is 5.20. The van der Waals surface area contributed by atoms with Crippen molar-refractivity contribution in [3.8, 4) is 0 Å². The molecule has 3 saturated carbocycles. The minimum Gasteiger partial charge on any atom is -0.469 e. The molecule has 3 fully saturated rings. The van der Waals surface area contributed by atoms with E-state index in [2.05, 4.69) is 20.8 Å². The maximum Gasteiger partial charge on any atom is 0.305 e. The molecule has 4 aliphatic carbocycles. The van der Waals surface area contributed by atoms with Crippen LogP contribution in [0.5, 0.6) is 0 Å². The predicted molar refractivity (Wildman–Crippen MR) is 123 cm³/mol. The maximum absolute atomic E-state index is 11.7. The summed E-state index contributed by atoms with van der Waals surface area (Å²) in [6.07, 6.45) is 9.31. The van der Waals surface area contributed by atoms with Gasteiger partial charge in [0.1, 0.15) is 6.10 Å². The largest absolute Gasteiger partial charge is 0.469 e. The molecule has 0 bridgehead atoms. The van der Waals surface area contributed by atoms with E-state index in [4.69, 9.17) is 9.47 Å². The summed E-state index contributed by atoms with van der Waals surface area (Å²) in [4.78, 5) is 23.2. The number of methoxy groups -OCH3 is 1. The van der Waals surface area contributed by atoms with Crippen LogP contribution in [-0.2, 0) is 19.1 Å². The number of hydrogen-bond donors (Lipinski definition) is 1. The van der Waals surface area contributed by atoms with Gasteiger partial charge in [-0.1, -0.05) is 31.9 Å². The van der Waals surface area contributed by atoms with Gasteiger partial charge in [-0.2, -0.15) is 0 Å². The molecular formula is C27H42O5. The molecule has 180 valence electrons. The molecule has 0 spiro atoms. The second-order valence-electron chi connectivity index (χ2n) is 11.6. The molecule has 1 N–H and O–H groups in total. The Balaban J connectivity index is 1.56. The van der Waals surface area contributed by atoms with Crippen molar-refractivity contribution < 1.29 is 24.2 Å². The quantitative estimate of drug-likeness (QED) is 0.464. The molecule has 32 heavy (non-hydrogen) atoms. The first-order valence-electron chi connectivity index (χ1n) is 12.8. The van der Waals surface area contributed by atoms with Crippen LogP contribution in [0.3, 0.4) is 0 Å². The molecule has 0 unspecified atom stereocenters. The Morgan fingerprint density at radius 3 is 2.59 bits per heavy atom. The lowest BCUT2D eigenvalue weighted by molar-refractivity contribution is -0.153. The van der Waals surface area contributed by atoms with E-state index in [0.717, 1.165) is 51.4 Å². The second kappa shape index (κ2) is 8.77. The summed E-state index contributed by atoms with van der Waals surface area (Å²) in [6, 6.07) is 0. The average molecular weight is 447 g/mol. The minimum absolute atomic E-state index is 0.0603. The van der Waals surface area contributed by atoms with E-state index in [9.17, 15) is 14.7 Å². The summed E-state index contributed by atoms with van der Waals surface area (Å²) in [5.41, 5.74) is 3.20. The van der Waals surface area contributed by atoms with Crippen molar-refractivity contribution in [1.82, 2.24) is 0 Å². The first-order chi connectivity index (χ1) is 15.1. The third kappa shape index (κ3) is 3.82. The number of aliphatic hydroxyl groups excluding tert-OH is 1. The molecule has 0 aromatic rings. The van der Waals surface area contributed by atoms with Gasteiger partial charge in [0.05, 0.1) is 13.2 Å². The van der Waals surface area contributed by atoms with Gasteiger partial charge in [-0.15, -0.1) is 0 Å². The van der Waals surface area contributed by atoms with Crippen molar-refractivity contribution in [2.24, 2.45) is 34.5 Å². The van der Waals surface area contributed by atoms with Crippen molar-refractivity contribution in [2.45, 2.75) is 104 Å². The Labute approximate surface area is 193 Å². The summed E-state index contributed by atoms with van der Waals surface area (Å²) in [5.74, 6) is 1.49. The van der Waals surface area contributed by atoms with Crippen LogP contribution in [0.25, 0.3) is 0 Å². The van der Waals surface area contributed by atoms with Gasteiger partial charge in [0, 0.05) is 18.8 Å². The Bertz CT molecular complexity index is 787. The van der Waals surface area contributed by atoms with Crippen molar-refractivity contribution in [3.63, 3.8) is 0 Å². The SMILES string of the molecule is COC(=O)CC[C@@H](C)[C@H]1CCC2=C3CC[C@@H]4C[C@H](OC(C)=O)CC[C@]4(C)[C@H]3C[C@H](O)[C@@]21C. The molecule has 0 aromatic heterocycles. The number of fused-ring (bicyclic) bond motifs is 4. The van der Waals surface area contributed by atoms with Gasteiger partial charge in [-0.05, 0) is 86.9 Å². The van der Waals surface area contributed by atoms with Crippen LogP contribution in [0.2, 0.25) is 0 Å². The van der Waals surface area contributed by atoms with Crippen LogP contribution in [0.15, 0.2) is 11.1 Å². The Hall–Kier alpha value is -1.36. The second-order valence-corrected chi connectivity index (χ2v) is 11.6. The summed E-state index contributed by atoms with van der Waals surface area (Å²) in [7, 11) is 1.45. The van der Waals surface area contributed by atoms with Crippen molar-refractivity contribution >= 4 is 11.9 Å². The molecule has 8 atom stereocenters. The normalized spacial score (nSPS) is 41.9. The van der Waals surface area contributed by atoms with E-state index in [-0.39, 0.29) is 35.0 Å². The van der Waals surface area contributed by atoms with Crippen LogP contribution in [0.4, 0.5) is 0 Å². The van der Waals surface area contributed by atoms with Crippen LogP contribution in [0.1, 0.15) is 91.9 Å². The van der Waals surface area contributed by atoms with E-state index in [1.165, 1.54) is 26.0 Å². The van der Waals surface area contributed by atoms with E-state index < -0.39 is 0 Å². The highest BCUT2D eigenvalue weighted by Crippen LogP contribution is 2.66. The molecule has 0 radical (unpaired) electrons. The molecule has 0 heterocycles. The van der Waals surface area contributed by atoms with Crippen molar-refractivity contribution in [1.29, 1.82) is 0 Å². The first kappa shape index (κ1) is 23.8. The third-order valence-electron chi connectivity index (χ3n) is 10.2. The van der Waals surface area contributed by atoms with Crippen LogP contribution >= 0.6 is 0 Å². The topological polar surface area (TPSA) is 72.8 Å². The van der Waals surface area contributed by atoms with Crippen LogP contribution < -0.4 is 0 Å². The fourth-order valence-corrected chi connectivity index (χ4v) is 8.34. The zero-order valence-electron chi connectivity index (χ0n) is 20.6. The van der Waals surface area contributed by atoms with Gasteiger partial charge in [0.15, 0.2) is 0 Å². The van der Waals surface area contributed by atoms with Gasteiger partial charge in [0.25, 0.3) is 0 Å². The summed E-state index contributed by atoms with van der Waals surface area (Å²) in [5, 5.41) is 11.6. The first-order valence-corrected chi connectivity index (χ1v) is 12.8. The zero-order valence-corrected chi connectivity index (χ0v) is 20.6. The smallest absolute Gasteiger partial charge is 0.305 e. The molecule has 0 amide bonds. The maximum atomic E-state index is 11.7. The lowest BCUT2D eigenvalue weighted by atomic mass is 9.48. The zero-order chi connectivity index (χ0) is 23.3. The number of aliphatic hydroxyl groups is 1. The molecule has 0 aromatic carbocycles. The number of ether oxygens (including phenoxy) is 2. The Kier molecular flexibility index (Phi) is 6.52. The van der Waals surface area contributed by atoms with E-state index in [1.54, 1.807) is 5.57 Å². The van der Waals surface area contributed by atoms with Crippen LogP contribution in [0, 0.1) is 34.5 Å². The number of allylic oxidation sites excluding steroid dienone is 1. The lowest BCUT2D eigenvalue weighted by Crippen LogP contribution is -2.52. The monoisotopic (exact) mass is 446 g/mol. The van der Waals surface area contributed by atoms with Gasteiger partial charge in [-0.3, -0.25) is 9.59 Å². The molecule has 5 nitrogen and oxygen atoms in total. The van der Waals surface area contributed by atoms with E-state index in [0.29, 0.717) is 30.1 Å². The highest BCUT2D eigenvalue weighted by atomic mass is 16.5. The average Bonchev–Trinajstić information content (AvgIpc) is 3.11. The molecule has 4 aliphatic rings. The lowest BCUT2D eigenvalue weighted by Gasteiger charge is -2.58. The molecule has 0 aliphatic heterocycles. The molecule has 5 heteroatoms. The van der Waals surface area contributed by atoms with E-state index in [1.807, 2.05) is 0 Å². The highest BCUT2D eigenvalue weighted by Gasteiger charge is 2.59. The summed E-state index contributed by atoms with van der Waals surface area (Å²) < 4.78 is 10.4. The van der Waals surface area contributed by atoms with Gasteiger partial charge in [-0.25, -0.2) is 0 Å². The minimum atomic E-state index is -0.332. The number of rotatable bonds is 5. The summed E-state index contributed by atoms with van der Waals surface area (Å²) in [6.45, 7) is 8.50. The number of hydrogen-bond acceptors (Lipinski definition) is 5. The standard InChI is InChI=1S/C27H42O5/c1-16(6-11-25(30)31-5)21-9-10-22-20-8-7-18-14-19(32-17(2)28)12-13-26(18,3)23(20)15-24(29)27(21,22)4/h16,18-19,21,23-24,29H,6-15H2,1-5H3/t16-,18-,19-,21-,23+,24+,26+,27-/m1/s1. The molecular weight excluding hydrogens is 404 g/mol. The number of carbonyl (C=O) groups is 2. The number of esters is 2. The fourth-order valence-electron chi connectivity index (χ4n) is 8.34. The van der Waals surface area contributed by atoms with Crippen molar-refractivity contribution in [3.05, 3.63) is 11.1 Å².